The maximum absolute atomic E-state index is 9.71. The Morgan fingerprint density at radius 1 is 0.946 bits per heavy atom. The molecule has 8 heteroatoms. The van der Waals surface area contributed by atoms with Crippen LogP contribution in [0.1, 0.15) is 29.8 Å². The van der Waals surface area contributed by atoms with E-state index in [0.29, 0.717) is 36.8 Å². The highest BCUT2D eigenvalue weighted by Gasteiger charge is 2.17. The molecule has 37 heavy (non-hydrogen) atoms. The van der Waals surface area contributed by atoms with Crippen LogP contribution >= 0.6 is 0 Å². The van der Waals surface area contributed by atoms with Gasteiger partial charge in [0.2, 0.25) is 0 Å². The van der Waals surface area contributed by atoms with Crippen molar-refractivity contribution in [1.82, 2.24) is 19.9 Å². The fraction of sp³-hybridized carbons (Fsp3) is 0.276. The summed E-state index contributed by atoms with van der Waals surface area (Å²) in [6.07, 6.45) is 7.71. The van der Waals surface area contributed by atoms with E-state index < -0.39 is 0 Å². The number of hydrogen-bond donors (Lipinski definition) is 0. The zero-order chi connectivity index (χ0) is 25.6. The van der Waals surface area contributed by atoms with Crippen molar-refractivity contribution in [2.24, 2.45) is 0 Å². The molecule has 1 aliphatic rings. The molecule has 0 spiro atoms. The zero-order valence-corrected chi connectivity index (χ0v) is 21.0. The zero-order valence-electron chi connectivity index (χ0n) is 21.0. The van der Waals surface area contributed by atoms with Crippen molar-refractivity contribution in [1.29, 1.82) is 5.26 Å². The minimum Gasteiger partial charge on any atom is -0.489 e. The number of pyridine rings is 2. The van der Waals surface area contributed by atoms with E-state index in [1.54, 1.807) is 6.20 Å². The predicted molar refractivity (Wildman–Crippen MR) is 141 cm³/mol. The van der Waals surface area contributed by atoms with Gasteiger partial charge in [0, 0.05) is 63.1 Å². The first-order chi connectivity index (χ1) is 18.1. The lowest BCUT2D eigenvalue weighted by Crippen LogP contribution is -2.26. The van der Waals surface area contributed by atoms with Crippen LogP contribution in [0.2, 0.25) is 0 Å². The molecule has 0 saturated carbocycles. The SMILES string of the molecule is CN(C)c1ccc(-c2ccc(Cc3nccc(-c4ccc(OC5CCOCC5)c(C#N)c4)n3)cn2)cn1. The van der Waals surface area contributed by atoms with Gasteiger partial charge in [-0.3, -0.25) is 4.98 Å². The van der Waals surface area contributed by atoms with Gasteiger partial charge in [-0.25, -0.2) is 15.0 Å². The summed E-state index contributed by atoms with van der Waals surface area (Å²) < 4.78 is 11.5. The van der Waals surface area contributed by atoms with Crippen LogP contribution in [0.4, 0.5) is 5.82 Å². The highest BCUT2D eigenvalue weighted by atomic mass is 16.5. The fourth-order valence-corrected chi connectivity index (χ4v) is 4.18. The summed E-state index contributed by atoms with van der Waals surface area (Å²) in [7, 11) is 3.93. The van der Waals surface area contributed by atoms with E-state index in [-0.39, 0.29) is 6.10 Å². The summed E-state index contributed by atoms with van der Waals surface area (Å²) in [5.74, 6) is 2.19. The van der Waals surface area contributed by atoms with Gasteiger partial charge in [0.25, 0.3) is 0 Å². The van der Waals surface area contributed by atoms with Gasteiger partial charge in [-0.15, -0.1) is 0 Å². The topological polar surface area (TPSA) is 97.1 Å². The van der Waals surface area contributed by atoms with E-state index >= 15 is 0 Å². The number of aromatic nitrogens is 4. The van der Waals surface area contributed by atoms with Gasteiger partial charge in [-0.05, 0) is 48.0 Å². The fourth-order valence-electron chi connectivity index (χ4n) is 4.18. The van der Waals surface area contributed by atoms with E-state index in [9.17, 15) is 5.26 Å². The number of anilines is 1. The molecule has 0 unspecified atom stereocenters. The minimum absolute atomic E-state index is 0.0750. The second-order valence-electron chi connectivity index (χ2n) is 9.14. The molecule has 0 bridgehead atoms. The van der Waals surface area contributed by atoms with E-state index in [4.69, 9.17) is 14.5 Å². The maximum atomic E-state index is 9.71. The highest BCUT2D eigenvalue weighted by Crippen LogP contribution is 2.28. The predicted octanol–water partition coefficient (Wildman–Crippen LogP) is 4.69. The van der Waals surface area contributed by atoms with Crippen LogP contribution in [0, 0.1) is 11.3 Å². The van der Waals surface area contributed by atoms with Crippen molar-refractivity contribution in [3.63, 3.8) is 0 Å². The molecule has 1 aliphatic heterocycles. The molecule has 1 saturated heterocycles. The Hall–Kier alpha value is -4.35. The van der Waals surface area contributed by atoms with Crippen molar-refractivity contribution in [2.45, 2.75) is 25.4 Å². The molecule has 8 nitrogen and oxygen atoms in total. The van der Waals surface area contributed by atoms with Crippen LogP contribution in [-0.4, -0.2) is 53.3 Å². The summed E-state index contributed by atoms with van der Waals surface area (Å²) in [6.45, 7) is 1.38. The molecule has 4 aromatic rings. The monoisotopic (exact) mass is 492 g/mol. The lowest BCUT2D eigenvalue weighted by Gasteiger charge is -2.23. The smallest absolute Gasteiger partial charge is 0.137 e. The summed E-state index contributed by atoms with van der Waals surface area (Å²) in [5, 5.41) is 9.71. The summed E-state index contributed by atoms with van der Waals surface area (Å²) in [5.41, 5.74) is 4.95. The Morgan fingerprint density at radius 2 is 1.78 bits per heavy atom. The van der Waals surface area contributed by atoms with Crippen LogP contribution < -0.4 is 9.64 Å². The first-order valence-corrected chi connectivity index (χ1v) is 12.3. The molecule has 1 aromatic carbocycles. The third-order valence-corrected chi connectivity index (χ3v) is 6.25. The Labute approximate surface area is 216 Å². The van der Waals surface area contributed by atoms with E-state index in [0.717, 1.165) is 46.7 Å². The molecule has 0 aliphatic carbocycles. The molecule has 4 heterocycles. The second kappa shape index (κ2) is 11.1. The maximum Gasteiger partial charge on any atom is 0.137 e. The summed E-state index contributed by atoms with van der Waals surface area (Å²) in [6, 6.07) is 17.8. The third kappa shape index (κ3) is 5.90. The van der Waals surface area contributed by atoms with Crippen LogP contribution in [-0.2, 0) is 11.2 Å². The Morgan fingerprint density at radius 3 is 2.49 bits per heavy atom. The number of nitriles is 1. The Bertz CT molecular complexity index is 1390. The molecule has 5 rings (SSSR count). The van der Waals surface area contributed by atoms with Gasteiger partial charge in [-0.2, -0.15) is 5.26 Å². The summed E-state index contributed by atoms with van der Waals surface area (Å²) in [4.78, 5) is 20.2. The van der Waals surface area contributed by atoms with E-state index in [2.05, 4.69) is 21.0 Å². The van der Waals surface area contributed by atoms with Gasteiger partial charge >= 0.3 is 0 Å². The van der Waals surface area contributed by atoms with Crippen LogP contribution in [0.25, 0.3) is 22.5 Å². The normalized spacial score (nSPS) is 13.6. The number of rotatable bonds is 7. The first kappa shape index (κ1) is 24.3. The van der Waals surface area contributed by atoms with Crippen molar-refractivity contribution in [3.8, 4) is 34.3 Å². The van der Waals surface area contributed by atoms with Crippen LogP contribution in [0.15, 0.2) is 67.1 Å². The van der Waals surface area contributed by atoms with Gasteiger partial charge in [0.05, 0.1) is 30.2 Å². The van der Waals surface area contributed by atoms with Crippen LogP contribution in [0.5, 0.6) is 5.75 Å². The molecule has 0 N–H and O–H groups in total. The van der Waals surface area contributed by atoms with Gasteiger partial charge < -0.3 is 14.4 Å². The standard InChI is InChI=1S/C29H28N6O2/c1-35(2)29-8-5-22(19-33-29)25-6-3-20(18-32-25)15-28-31-12-9-26(34-28)21-4-7-27(23(16-21)17-30)37-24-10-13-36-14-11-24/h3-9,12,16,18-19,24H,10-11,13-15H2,1-2H3. The third-order valence-electron chi connectivity index (χ3n) is 6.25. The number of nitrogens with zero attached hydrogens (tertiary/aromatic N) is 6. The van der Waals surface area contributed by atoms with E-state index in [1.165, 1.54) is 0 Å². The molecule has 0 radical (unpaired) electrons. The van der Waals surface area contributed by atoms with Crippen LogP contribution in [0.3, 0.4) is 0 Å². The average molecular weight is 493 g/mol. The Kier molecular flexibility index (Phi) is 7.33. The summed E-state index contributed by atoms with van der Waals surface area (Å²) >= 11 is 0. The molecule has 0 atom stereocenters. The quantitative estimate of drug-likeness (QED) is 0.367. The Balaban J connectivity index is 1.29. The van der Waals surface area contributed by atoms with Crippen molar-refractivity contribution < 1.29 is 9.47 Å². The van der Waals surface area contributed by atoms with Gasteiger partial charge in [0.15, 0.2) is 0 Å². The van der Waals surface area contributed by atoms with Crippen molar-refractivity contribution >= 4 is 5.82 Å². The molecular weight excluding hydrogens is 464 g/mol. The van der Waals surface area contributed by atoms with E-state index in [1.807, 2.05) is 79.9 Å². The van der Waals surface area contributed by atoms with Crippen molar-refractivity contribution in [3.05, 3.63) is 84.1 Å². The molecular formula is C29H28N6O2. The largest absolute Gasteiger partial charge is 0.489 e. The average Bonchev–Trinajstić information content (AvgIpc) is 2.94. The molecule has 3 aromatic heterocycles. The number of hydrogen-bond acceptors (Lipinski definition) is 8. The lowest BCUT2D eigenvalue weighted by atomic mass is 10.1. The van der Waals surface area contributed by atoms with Gasteiger partial charge in [-0.1, -0.05) is 6.07 Å². The van der Waals surface area contributed by atoms with Crippen molar-refractivity contribution in [2.75, 3.05) is 32.2 Å². The number of ether oxygens (including phenoxy) is 2. The highest BCUT2D eigenvalue weighted by molar-refractivity contribution is 5.64. The minimum atomic E-state index is 0.0750. The second-order valence-corrected chi connectivity index (χ2v) is 9.14. The molecule has 0 amide bonds. The molecule has 1 fully saturated rings. The first-order valence-electron chi connectivity index (χ1n) is 12.3. The number of benzene rings is 1. The molecule has 186 valence electrons. The van der Waals surface area contributed by atoms with Gasteiger partial charge in [0.1, 0.15) is 29.6 Å². The lowest BCUT2D eigenvalue weighted by molar-refractivity contribution is 0.0254.